The quantitative estimate of drug-likeness (QED) is 0.0321. The second kappa shape index (κ2) is 57.9. The molecule has 0 aromatic rings. The summed E-state index contributed by atoms with van der Waals surface area (Å²) in [6.45, 7) is 4.90. The minimum absolute atomic E-state index is 0.00775. The predicted molar refractivity (Wildman–Crippen MR) is 296 cm³/mol. The first-order chi connectivity index (χ1) is 33.5. The van der Waals surface area contributed by atoms with Gasteiger partial charge in [-0.25, -0.2) is 0 Å². The summed E-state index contributed by atoms with van der Waals surface area (Å²) in [6.07, 6.45) is 70.6. The number of nitrogens with one attached hydrogen (secondary N) is 1. The molecular weight excluding hydrogens is 839 g/mol. The molecule has 0 bridgehead atoms. The molecule has 1 amide bonds. The number of aliphatic hydroxyl groups excluding tert-OH is 2. The van der Waals surface area contributed by atoms with Gasteiger partial charge in [0.25, 0.3) is 0 Å². The fourth-order valence-corrected chi connectivity index (χ4v) is 9.51. The van der Waals surface area contributed by atoms with E-state index in [1.165, 1.54) is 238 Å². The topological polar surface area (TPSA) is 95.9 Å². The van der Waals surface area contributed by atoms with Crippen molar-refractivity contribution in [3.63, 3.8) is 0 Å². The van der Waals surface area contributed by atoms with Crippen molar-refractivity contribution in [2.75, 3.05) is 13.2 Å². The summed E-state index contributed by atoms with van der Waals surface area (Å²) >= 11 is 0. The summed E-state index contributed by atoms with van der Waals surface area (Å²) in [5.41, 5.74) is 0. The highest BCUT2D eigenvalue weighted by atomic mass is 16.5. The van der Waals surface area contributed by atoms with Crippen molar-refractivity contribution in [3.8, 4) is 0 Å². The van der Waals surface area contributed by atoms with Gasteiger partial charge in [-0.1, -0.05) is 289 Å². The Morgan fingerprint density at radius 3 is 1.04 bits per heavy atom. The Hall–Kier alpha value is -1.66. The summed E-state index contributed by atoms with van der Waals surface area (Å²) in [7, 11) is 0. The Labute approximate surface area is 424 Å². The molecule has 68 heavy (non-hydrogen) atoms. The summed E-state index contributed by atoms with van der Waals surface area (Å²) in [5, 5.41) is 23.2. The maximum Gasteiger partial charge on any atom is 0.305 e. The minimum Gasteiger partial charge on any atom is -0.466 e. The van der Waals surface area contributed by atoms with Crippen LogP contribution in [0.4, 0.5) is 0 Å². The molecule has 402 valence electrons. The molecule has 3 N–H and O–H groups in total. The first-order valence-electron chi connectivity index (χ1n) is 30.6. The summed E-state index contributed by atoms with van der Waals surface area (Å²) in [4.78, 5) is 24.5. The Balaban J connectivity index is 3.49. The number of rotatable bonds is 57. The lowest BCUT2D eigenvalue weighted by Crippen LogP contribution is -2.45. The first-order valence-corrected chi connectivity index (χ1v) is 30.6. The fraction of sp³-hybridized carbons (Fsp3) is 0.903. The number of hydrogen-bond donors (Lipinski definition) is 3. The van der Waals surface area contributed by atoms with Gasteiger partial charge in [0, 0.05) is 12.8 Å². The second-order valence-corrected chi connectivity index (χ2v) is 21.0. The van der Waals surface area contributed by atoms with E-state index in [4.69, 9.17) is 4.74 Å². The predicted octanol–water partition coefficient (Wildman–Crippen LogP) is 19.0. The number of ether oxygens (including phenoxy) is 1. The van der Waals surface area contributed by atoms with Gasteiger partial charge in [0.15, 0.2) is 0 Å². The zero-order valence-electron chi connectivity index (χ0n) is 45.9. The molecule has 0 aliphatic carbocycles. The molecule has 0 fully saturated rings. The van der Waals surface area contributed by atoms with Gasteiger partial charge in [-0.2, -0.15) is 0 Å². The third-order valence-electron chi connectivity index (χ3n) is 14.2. The standard InChI is InChI=1S/C62H119NO5/c1-3-5-7-9-11-13-15-17-19-20-21-22-23-24-27-30-34-38-42-46-50-54-60(65)59(58-64)63-61(66)55-51-47-43-39-35-31-28-25-29-33-37-41-45-49-53-57-68-62(67)56-52-48-44-40-36-32-26-18-16-14-12-10-8-6-4-2/h29,33,50,54,59-60,64-65H,3-28,30-32,34-49,51-53,55-58H2,1-2H3,(H,63,66)/b33-29-,54-50+. The second-order valence-electron chi connectivity index (χ2n) is 21.0. The zero-order valence-corrected chi connectivity index (χ0v) is 45.9. The molecular formula is C62H119NO5. The Kier molecular flexibility index (Phi) is 56.5. The third-order valence-corrected chi connectivity index (χ3v) is 14.2. The van der Waals surface area contributed by atoms with Crippen LogP contribution in [0.25, 0.3) is 0 Å². The molecule has 0 radical (unpaired) electrons. The number of hydrogen-bond acceptors (Lipinski definition) is 5. The van der Waals surface area contributed by atoms with Crippen LogP contribution in [0.15, 0.2) is 24.3 Å². The van der Waals surface area contributed by atoms with Gasteiger partial charge in [0.2, 0.25) is 5.91 Å². The van der Waals surface area contributed by atoms with E-state index >= 15 is 0 Å². The van der Waals surface area contributed by atoms with Crippen molar-refractivity contribution in [2.24, 2.45) is 0 Å². The number of amides is 1. The van der Waals surface area contributed by atoms with Crippen LogP contribution in [0.1, 0.15) is 335 Å². The number of esters is 1. The largest absolute Gasteiger partial charge is 0.466 e. The highest BCUT2D eigenvalue weighted by Crippen LogP contribution is 2.17. The third kappa shape index (κ3) is 53.7. The highest BCUT2D eigenvalue weighted by Gasteiger charge is 2.18. The lowest BCUT2D eigenvalue weighted by Gasteiger charge is -2.20. The molecule has 0 aromatic heterocycles. The molecule has 0 saturated carbocycles. The van der Waals surface area contributed by atoms with Crippen molar-refractivity contribution in [1.29, 1.82) is 0 Å². The number of allylic oxidation sites excluding steroid dienone is 3. The fourth-order valence-electron chi connectivity index (χ4n) is 9.51. The Morgan fingerprint density at radius 1 is 0.397 bits per heavy atom. The van der Waals surface area contributed by atoms with Gasteiger partial charge in [-0.3, -0.25) is 9.59 Å². The number of carbonyl (C=O) groups excluding carboxylic acids is 2. The molecule has 0 aliphatic heterocycles. The van der Waals surface area contributed by atoms with E-state index < -0.39 is 12.1 Å². The van der Waals surface area contributed by atoms with Gasteiger partial charge in [-0.15, -0.1) is 0 Å². The van der Waals surface area contributed by atoms with Crippen LogP contribution in [-0.4, -0.2) is 47.4 Å². The molecule has 2 atom stereocenters. The SMILES string of the molecule is CCCCCCCCCCCCCCCCCCCCC/C=C/C(O)C(CO)NC(=O)CCCCCCCCC/C=C\CCCCCCOC(=O)CCCCCCCCCCCCCCCCC. The van der Waals surface area contributed by atoms with Crippen molar-refractivity contribution in [1.82, 2.24) is 5.32 Å². The monoisotopic (exact) mass is 958 g/mol. The average molecular weight is 959 g/mol. The van der Waals surface area contributed by atoms with Crippen LogP contribution in [0.3, 0.4) is 0 Å². The molecule has 6 nitrogen and oxygen atoms in total. The summed E-state index contributed by atoms with van der Waals surface area (Å²) < 4.78 is 5.47. The molecule has 0 aromatic carbocycles. The van der Waals surface area contributed by atoms with Crippen LogP contribution < -0.4 is 5.32 Å². The number of carbonyl (C=O) groups is 2. The van der Waals surface area contributed by atoms with Gasteiger partial charge < -0.3 is 20.3 Å². The van der Waals surface area contributed by atoms with E-state index in [-0.39, 0.29) is 18.5 Å². The van der Waals surface area contributed by atoms with Crippen molar-refractivity contribution < 1.29 is 24.5 Å². The average Bonchev–Trinajstić information content (AvgIpc) is 3.34. The van der Waals surface area contributed by atoms with Gasteiger partial charge in [0.1, 0.15) is 0 Å². The minimum atomic E-state index is -0.855. The van der Waals surface area contributed by atoms with Crippen LogP contribution in [0.2, 0.25) is 0 Å². The van der Waals surface area contributed by atoms with Crippen molar-refractivity contribution in [3.05, 3.63) is 24.3 Å². The molecule has 0 spiro atoms. The number of unbranched alkanes of at least 4 members (excludes halogenated alkanes) is 44. The van der Waals surface area contributed by atoms with Gasteiger partial charge in [-0.05, 0) is 57.8 Å². The van der Waals surface area contributed by atoms with Crippen LogP contribution in [0.5, 0.6) is 0 Å². The maximum absolute atomic E-state index is 12.5. The van der Waals surface area contributed by atoms with Crippen molar-refractivity contribution in [2.45, 2.75) is 347 Å². The van der Waals surface area contributed by atoms with Crippen molar-refractivity contribution >= 4 is 11.9 Å². The zero-order chi connectivity index (χ0) is 49.3. The maximum atomic E-state index is 12.5. The lowest BCUT2D eigenvalue weighted by molar-refractivity contribution is -0.143. The molecule has 6 heteroatoms. The summed E-state index contributed by atoms with van der Waals surface area (Å²) in [6, 6.07) is -0.640. The van der Waals surface area contributed by atoms with E-state index in [0.717, 1.165) is 70.6 Å². The molecule has 0 rings (SSSR count). The van der Waals surface area contributed by atoms with Crippen LogP contribution in [0, 0.1) is 0 Å². The van der Waals surface area contributed by atoms with Crippen LogP contribution >= 0.6 is 0 Å². The molecule has 0 saturated heterocycles. The van der Waals surface area contributed by atoms with E-state index in [0.29, 0.717) is 19.4 Å². The van der Waals surface area contributed by atoms with Crippen LogP contribution in [-0.2, 0) is 14.3 Å². The van der Waals surface area contributed by atoms with E-state index in [2.05, 4.69) is 31.3 Å². The van der Waals surface area contributed by atoms with Gasteiger partial charge in [0.05, 0.1) is 25.4 Å². The Bertz CT molecular complexity index is 1060. The normalized spacial score (nSPS) is 12.7. The van der Waals surface area contributed by atoms with E-state index in [1.807, 2.05) is 6.08 Å². The molecule has 0 aliphatic rings. The molecule has 0 heterocycles. The highest BCUT2D eigenvalue weighted by molar-refractivity contribution is 5.76. The summed E-state index contributed by atoms with van der Waals surface area (Å²) in [5.74, 6) is -0.0879. The van der Waals surface area contributed by atoms with E-state index in [9.17, 15) is 19.8 Å². The molecule has 2 unspecified atom stereocenters. The smallest absolute Gasteiger partial charge is 0.305 e. The number of aliphatic hydroxyl groups is 2. The lowest BCUT2D eigenvalue weighted by atomic mass is 10.0. The van der Waals surface area contributed by atoms with E-state index in [1.54, 1.807) is 6.08 Å². The van der Waals surface area contributed by atoms with Gasteiger partial charge >= 0.3 is 5.97 Å². The Morgan fingerprint density at radius 2 is 0.691 bits per heavy atom. The first kappa shape index (κ1) is 66.3.